The Morgan fingerprint density at radius 3 is 1.53 bits per heavy atom. The molecule has 0 fully saturated rings. The number of aromatic nitrogens is 1. The van der Waals surface area contributed by atoms with Gasteiger partial charge in [-0.2, -0.15) is 0 Å². The van der Waals surface area contributed by atoms with Crippen LogP contribution in [0.3, 0.4) is 0 Å². The van der Waals surface area contributed by atoms with Gasteiger partial charge in [0.25, 0.3) is 0 Å². The third-order valence-corrected chi connectivity index (χ3v) is 1.68. The molecule has 78 valence electrons. The van der Waals surface area contributed by atoms with Crippen molar-refractivity contribution in [3.8, 4) is 0 Å². The Labute approximate surface area is 88.7 Å². The summed E-state index contributed by atoms with van der Waals surface area (Å²) in [4.78, 5) is 3.76. The van der Waals surface area contributed by atoms with Crippen molar-refractivity contribution in [3.63, 3.8) is 0 Å². The Balaban J connectivity index is 0.000000151. The predicted molar refractivity (Wildman–Crippen MR) is 63.9 cm³/mol. The van der Waals surface area contributed by atoms with Gasteiger partial charge in [-0.3, -0.25) is 0 Å². The number of rotatable bonds is 0. The first-order chi connectivity index (χ1) is 7.20. The zero-order chi connectivity index (χ0) is 11.1. The second kappa shape index (κ2) is 5.49. The Kier molecular flexibility index (Phi) is 3.97. The largest absolute Gasteiger partial charge is 0.397 e. The maximum absolute atomic E-state index is 5.39. The molecule has 0 aliphatic carbocycles. The van der Waals surface area contributed by atoms with E-state index >= 15 is 0 Å². The first kappa shape index (κ1) is 10.8. The summed E-state index contributed by atoms with van der Waals surface area (Å²) in [6, 6.07) is 12.7. The number of hydrogen-bond donors (Lipinski definition) is 3. The average Bonchev–Trinajstić information content (AvgIpc) is 2.25. The van der Waals surface area contributed by atoms with Gasteiger partial charge < -0.3 is 17.2 Å². The van der Waals surface area contributed by atoms with Gasteiger partial charge in [0.05, 0.1) is 11.4 Å². The molecule has 0 aliphatic heterocycles. The lowest BCUT2D eigenvalue weighted by atomic mass is 10.3. The van der Waals surface area contributed by atoms with Crippen LogP contribution in [0.2, 0.25) is 0 Å². The SMILES string of the molecule is Nc1ccccc1N.Nc1ccccn1. The lowest BCUT2D eigenvalue weighted by Gasteiger charge is -1.94. The fourth-order valence-corrected chi connectivity index (χ4v) is 0.887. The van der Waals surface area contributed by atoms with Crippen LogP contribution < -0.4 is 17.2 Å². The highest BCUT2D eigenvalue weighted by Gasteiger charge is 1.85. The molecule has 2 aromatic rings. The monoisotopic (exact) mass is 202 g/mol. The van der Waals surface area contributed by atoms with Gasteiger partial charge in [0.2, 0.25) is 0 Å². The Hall–Kier alpha value is -2.23. The summed E-state index contributed by atoms with van der Waals surface area (Å²) in [6.07, 6.45) is 1.66. The first-order valence-electron chi connectivity index (χ1n) is 4.46. The Morgan fingerprint density at radius 2 is 1.27 bits per heavy atom. The number of nitrogens with two attached hydrogens (primary N) is 3. The third kappa shape index (κ3) is 3.99. The van der Waals surface area contributed by atoms with E-state index in [0.29, 0.717) is 17.2 Å². The number of hydrogen-bond acceptors (Lipinski definition) is 4. The van der Waals surface area contributed by atoms with E-state index in [1.54, 1.807) is 24.4 Å². The third-order valence-electron chi connectivity index (χ3n) is 1.68. The molecule has 4 heteroatoms. The van der Waals surface area contributed by atoms with Crippen LogP contribution in [0, 0.1) is 0 Å². The van der Waals surface area contributed by atoms with Gasteiger partial charge in [0.1, 0.15) is 5.82 Å². The van der Waals surface area contributed by atoms with Crippen LogP contribution in [-0.2, 0) is 0 Å². The lowest BCUT2D eigenvalue weighted by Crippen LogP contribution is -1.91. The van der Waals surface area contributed by atoms with E-state index in [9.17, 15) is 0 Å². The summed E-state index contributed by atoms with van der Waals surface area (Å²) in [7, 11) is 0. The molecule has 2 rings (SSSR count). The predicted octanol–water partition coefficient (Wildman–Crippen LogP) is 1.51. The van der Waals surface area contributed by atoms with Crippen molar-refractivity contribution in [2.24, 2.45) is 0 Å². The van der Waals surface area contributed by atoms with Gasteiger partial charge in [0.15, 0.2) is 0 Å². The minimum absolute atomic E-state index is 0.572. The van der Waals surface area contributed by atoms with E-state index in [4.69, 9.17) is 17.2 Å². The molecule has 1 aromatic heterocycles. The second-order valence-corrected chi connectivity index (χ2v) is 2.88. The highest BCUT2D eigenvalue weighted by molar-refractivity contribution is 5.62. The quantitative estimate of drug-likeness (QED) is 0.565. The van der Waals surface area contributed by atoms with Gasteiger partial charge >= 0.3 is 0 Å². The Morgan fingerprint density at radius 1 is 0.733 bits per heavy atom. The van der Waals surface area contributed by atoms with Gasteiger partial charge in [-0.05, 0) is 24.3 Å². The fraction of sp³-hybridized carbons (Fsp3) is 0. The van der Waals surface area contributed by atoms with Crippen molar-refractivity contribution >= 4 is 17.2 Å². The summed E-state index contributed by atoms with van der Waals surface area (Å²) in [6.45, 7) is 0. The van der Waals surface area contributed by atoms with E-state index in [2.05, 4.69) is 4.98 Å². The lowest BCUT2D eigenvalue weighted by molar-refractivity contribution is 1.34. The molecule has 15 heavy (non-hydrogen) atoms. The molecule has 0 unspecified atom stereocenters. The van der Waals surface area contributed by atoms with E-state index in [1.807, 2.05) is 24.3 Å². The normalized spacial score (nSPS) is 8.80. The molecule has 4 nitrogen and oxygen atoms in total. The van der Waals surface area contributed by atoms with Crippen LogP contribution in [0.4, 0.5) is 17.2 Å². The molecule has 0 aliphatic rings. The maximum atomic E-state index is 5.39. The van der Waals surface area contributed by atoms with Crippen LogP contribution in [-0.4, -0.2) is 4.98 Å². The van der Waals surface area contributed by atoms with Crippen molar-refractivity contribution in [2.45, 2.75) is 0 Å². The summed E-state index contributed by atoms with van der Waals surface area (Å²) in [5.41, 5.74) is 17.3. The van der Waals surface area contributed by atoms with Crippen LogP contribution >= 0.6 is 0 Å². The first-order valence-corrected chi connectivity index (χ1v) is 4.46. The molecule has 0 radical (unpaired) electrons. The number of nitrogen functional groups attached to an aromatic ring is 3. The number of para-hydroxylation sites is 2. The molecule has 0 atom stereocenters. The average molecular weight is 202 g/mol. The van der Waals surface area contributed by atoms with Crippen molar-refractivity contribution in [1.82, 2.24) is 4.98 Å². The highest BCUT2D eigenvalue weighted by atomic mass is 14.8. The van der Waals surface area contributed by atoms with Crippen molar-refractivity contribution in [2.75, 3.05) is 17.2 Å². The van der Waals surface area contributed by atoms with Crippen molar-refractivity contribution < 1.29 is 0 Å². The van der Waals surface area contributed by atoms with E-state index in [0.717, 1.165) is 0 Å². The summed E-state index contributed by atoms with van der Waals surface area (Å²) < 4.78 is 0. The summed E-state index contributed by atoms with van der Waals surface area (Å²) in [5, 5.41) is 0. The zero-order valence-electron chi connectivity index (χ0n) is 8.30. The molecule has 0 saturated heterocycles. The molecule has 1 heterocycles. The van der Waals surface area contributed by atoms with Crippen LogP contribution in [0.5, 0.6) is 0 Å². The molecule has 0 amide bonds. The van der Waals surface area contributed by atoms with Gasteiger partial charge in [-0.15, -0.1) is 0 Å². The molecule has 1 aromatic carbocycles. The minimum atomic E-state index is 0.572. The molecular weight excluding hydrogens is 188 g/mol. The minimum Gasteiger partial charge on any atom is -0.397 e. The van der Waals surface area contributed by atoms with E-state index in [1.165, 1.54) is 0 Å². The van der Waals surface area contributed by atoms with Crippen LogP contribution in [0.1, 0.15) is 0 Å². The van der Waals surface area contributed by atoms with Crippen molar-refractivity contribution in [1.29, 1.82) is 0 Å². The van der Waals surface area contributed by atoms with Gasteiger partial charge in [0, 0.05) is 6.20 Å². The summed E-state index contributed by atoms with van der Waals surface area (Å²) in [5.74, 6) is 0.572. The van der Waals surface area contributed by atoms with E-state index < -0.39 is 0 Å². The maximum Gasteiger partial charge on any atom is 0.123 e. The molecule has 0 saturated carbocycles. The molecule has 0 bridgehead atoms. The van der Waals surface area contributed by atoms with Crippen LogP contribution in [0.15, 0.2) is 48.7 Å². The van der Waals surface area contributed by atoms with Crippen LogP contribution in [0.25, 0.3) is 0 Å². The summed E-state index contributed by atoms with van der Waals surface area (Å²) >= 11 is 0. The molecular formula is C11H14N4. The van der Waals surface area contributed by atoms with Gasteiger partial charge in [-0.25, -0.2) is 4.98 Å². The number of benzene rings is 1. The molecule has 0 spiro atoms. The van der Waals surface area contributed by atoms with E-state index in [-0.39, 0.29) is 0 Å². The fourth-order valence-electron chi connectivity index (χ4n) is 0.887. The highest BCUT2D eigenvalue weighted by Crippen LogP contribution is 2.10. The second-order valence-electron chi connectivity index (χ2n) is 2.88. The topological polar surface area (TPSA) is 91.0 Å². The smallest absolute Gasteiger partial charge is 0.123 e. The molecule has 6 N–H and O–H groups in total. The standard InChI is InChI=1S/C6H8N2.C5H6N2/c7-5-3-1-2-4-6(5)8;6-5-3-1-2-4-7-5/h1-4H,7-8H2;1-4H,(H2,6,7). The van der Waals surface area contributed by atoms with Crippen molar-refractivity contribution in [3.05, 3.63) is 48.7 Å². The zero-order valence-corrected chi connectivity index (χ0v) is 8.30. The number of anilines is 3. The number of pyridine rings is 1. The van der Waals surface area contributed by atoms with Gasteiger partial charge in [-0.1, -0.05) is 18.2 Å². The Bertz CT molecular complexity index is 379. The number of nitrogens with zero attached hydrogens (tertiary/aromatic N) is 1.